The van der Waals surface area contributed by atoms with Crippen molar-refractivity contribution in [3.63, 3.8) is 0 Å². The van der Waals surface area contributed by atoms with Crippen LogP contribution in [0.1, 0.15) is 27.8 Å². The van der Waals surface area contributed by atoms with Gasteiger partial charge in [-0.1, -0.05) is 23.7 Å². The molecular weight excluding hydrogens is 641 g/mol. The zero-order valence-corrected chi connectivity index (χ0v) is 22.2. The van der Waals surface area contributed by atoms with Gasteiger partial charge >= 0.3 is 5.97 Å². The minimum Gasteiger partial charge on any atom is -0.478 e. The number of nitrogens with one attached hydrogen (secondary N) is 2. The normalized spacial score (nSPS) is 11.5. The molecule has 2 aromatic heterocycles. The maximum Gasteiger partial charge on any atom is 0.337 e. The number of nitrogens with zero attached hydrogens (tertiary/aromatic N) is 2. The highest BCUT2D eigenvalue weighted by atomic mass is 127. The minimum atomic E-state index is -4.83. The first-order valence-corrected chi connectivity index (χ1v) is 13.3. The number of anilines is 2. The van der Waals surface area contributed by atoms with E-state index in [1.54, 1.807) is 30.3 Å². The van der Waals surface area contributed by atoms with Crippen molar-refractivity contribution in [2.24, 2.45) is 0 Å². The predicted octanol–water partition coefficient (Wildman–Crippen LogP) is 5.52. The number of sulfonamides is 1. The van der Waals surface area contributed by atoms with Crippen LogP contribution in [0, 0.1) is 15.2 Å². The van der Waals surface area contributed by atoms with Gasteiger partial charge in [0, 0.05) is 16.0 Å². The molecule has 0 atom stereocenters. The Morgan fingerprint density at radius 2 is 1.59 bits per heavy atom. The van der Waals surface area contributed by atoms with E-state index in [1.807, 2.05) is 22.6 Å². The van der Waals surface area contributed by atoms with E-state index in [1.165, 1.54) is 36.7 Å². The third-order valence-electron chi connectivity index (χ3n) is 5.12. The maximum absolute atomic E-state index is 15.2. The topological polar surface area (TPSA) is 121 Å². The molecule has 0 amide bonds. The summed E-state index contributed by atoms with van der Waals surface area (Å²) < 4.78 is 60.1. The smallest absolute Gasteiger partial charge is 0.337 e. The lowest BCUT2D eigenvalue weighted by molar-refractivity contribution is 0.0697. The SMILES string of the molecule is O=C(O)c1cc(S(=O)(=O)NC(c2ccccn2)c2ccccn2)c(F)c(F)c1Nc1ccc(I)cc1Cl. The number of halogens is 4. The Kier molecular flexibility index (Phi) is 8.02. The zero-order valence-electron chi connectivity index (χ0n) is 18.5. The van der Waals surface area contributed by atoms with Crippen LogP contribution in [0.5, 0.6) is 0 Å². The summed E-state index contributed by atoms with van der Waals surface area (Å²) in [5.41, 5.74) is -1.03. The fourth-order valence-electron chi connectivity index (χ4n) is 3.40. The van der Waals surface area contributed by atoms with Crippen molar-refractivity contribution >= 4 is 61.6 Å². The summed E-state index contributed by atoms with van der Waals surface area (Å²) in [5.74, 6) is -5.17. The minimum absolute atomic E-state index is 0.0991. The Hall–Kier alpha value is -3.20. The summed E-state index contributed by atoms with van der Waals surface area (Å²) >= 11 is 8.12. The van der Waals surface area contributed by atoms with E-state index >= 15 is 8.78 Å². The molecule has 2 heterocycles. The van der Waals surface area contributed by atoms with Crippen LogP contribution in [-0.2, 0) is 10.0 Å². The number of carboxylic acids is 1. The molecule has 0 aliphatic heterocycles. The van der Waals surface area contributed by atoms with Gasteiger partial charge in [0.1, 0.15) is 10.9 Å². The molecule has 0 radical (unpaired) electrons. The second-order valence-corrected chi connectivity index (χ2v) is 10.9. The molecule has 2 aromatic carbocycles. The average molecular weight is 657 g/mol. The number of rotatable bonds is 8. The number of aromatic carboxylic acids is 1. The predicted molar refractivity (Wildman–Crippen MR) is 141 cm³/mol. The number of pyridine rings is 2. The van der Waals surface area contributed by atoms with Crippen LogP contribution < -0.4 is 10.0 Å². The van der Waals surface area contributed by atoms with Gasteiger partial charge in [-0.3, -0.25) is 9.97 Å². The van der Waals surface area contributed by atoms with Crippen LogP contribution in [0.25, 0.3) is 0 Å². The van der Waals surface area contributed by atoms with Crippen molar-refractivity contribution in [3.8, 4) is 0 Å². The number of hydrogen-bond acceptors (Lipinski definition) is 6. The van der Waals surface area contributed by atoms with E-state index in [0.717, 1.165) is 3.57 Å². The van der Waals surface area contributed by atoms with Gasteiger partial charge in [-0.05, 0) is 71.1 Å². The molecular formula is C24H16ClF2IN4O4S. The van der Waals surface area contributed by atoms with E-state index in [9.17, 15) is 18.3 Å². The van der Waals surface area contributed by atoms with E-state index in [4.69, 9.17) is 11.6 Å². The molecule has 0 saturated heterocycles. The maximum atomic E-state index is 15.2. The van der Waals surface area contributed by atoms with Gasteiger partial charge in [-0.25, -0.2) is 22.0 Å². The van der Waals surface area contributed by atoms with Crippen LogP contribution >= 0.6 is 34.2 Å². The number of aromatic nitrogens is 2. The van der Waals surface area contributed by atoms with E-state index < -0.39 is 49.8 Å². The van der Waals surface area contributed by atoms with Gasteiger partial charge in [0.15, 0.2) is 11.6 Å². The summed E-state index contributed by atoms with van der Waals surface area (Å²) in [6.45, 7) is 0. The van der Waals surface area contributed by atoms with Gasteiger partial charge in [-0.15, -0.1) is 0 Å². The summed E-state index contributed by atoms with van der Waals surface area (Å²) in [4.78, 5) is 19.0. The van der Waals surface area contributed by atoms with Crippen LogP contribution in [0.2, 0.25) is 5.02 Å². The molecule has 0 bridgehead atoms. The van der Waals surface area contributed by atoms with Crippen molar-refractivity contribution in [2.45, 2.75) is 10.9 Å². The first-order chi connectivity index (χ1) is 17.6. The van der Waals surface area contributed by atoms with Crippen LogP contribution in [0.4, 0.5) is 20.2 Å². The fourth-order valence-corrected chi connectivity index (χ4v) is 5.58. The van der Waals surface area contributed by atoms with E-state index in [0.29, 0.717) is 6.07 Å². The fraction of sp³-hybridized carbons (Fsp3) is 0.0417. The summed E-state index contributed by atoms with van der Waals surface area (Å²) in [6.07, 6.45) is 2.86. The molecule has 0 spiro atoms. The van der Waals surface area contributed by atoms with Gasteiger partial charge in [0.25, 0.3) is 0 Å². The summed E-state index contributed by atoms with van der Waals surface area (Å²) in [5, 5.41) is 12.3. The van der Waals surface area contributed by atoms with Crippen molar-refractivity contribution in [1.82, 2.24) is 14.7 Å². The second-order valence-electron chi connectivity index (χ2n) is 7.54. The standard InChI is InChI=1S/C24H16ClF2IN4O4S/c25-15-11-13(28)7-8-16(15)31-22-14(24(33)34)12-19(20(26)21(22)27)37(35,36)32-23(17-5-1-3-9-29-17)18-6-2-4-10-30-18/h1-12,23,31-32H,(H,33,34). The zero-order chi connectivity index (χ0) is 26.7. The highest BCUT2D eigenvalue weighted by Gasteiger charge is 2.32. The molecule has 8 nitrogen and oxygen atoms in total. The number of carbonyl (C=O) groups is 1. The van der Waals surface area contributed by atoms with Crippen molar-refractivity contribution in [2.75, 3.05) is 5.32 Å². The second kappa shape index (κ2) is 11.0. The quantitative estimate of drug-likeness (QED) is 0.214. The molecule has 0 saturated carbocycles. The number of hydrogen-bond donors (Lipinski definition) is 3. The van der Waals surface area contributed by atoms with Crippen molar-refractivity contribution < 1.29 is 27.1 Å². The number of benzene rings is 2. The molecule has 3 N–H and O–H groups in total. The Morgan fingerprint density at radius 1 is 0.973 bits per heavy atom. The summed E-state index contributed by atoms with van der Waals surface area (Å²) in [6, 6.07) is 13.5. The first-order valence-electron chi connectivity index (χ1n) is 10.4. The number of carboxylic acid groups (broad SMARTS) is 1. The Morgan fingerprint density at radius 3 is 2.11 bits per heavy atom. The monoisotopic (exact) mass is 656 g/mol. The van der Waals surface area contributed by atoms with Crippen LogP contribution in [0.15, 0.2) is 78.0 Å². The Balaban J connectivity index is 1.80. The van der Waals surface area contributed by atoms with Gasteiger partial charge in [0.2, 0.25) is 10.0 Å². The van der Waals surface area contributed by atoms with Gasteiger partial charge in [-0.2, -0.15) is 4.72 Å². The van der Waals surface area contributed by atoms with Crippen LogP contribution in [0.3, 0.4) is 0 Å². The first kappa shape index (κ1) is 26.9. The van der Waals surface area contributed by atoms with E-state index in [2.05, 4.69) is 20.0 Å². The molecule has 37 heavy (non-hydrogen) atoms. The molecule has 190 valence electrons. The average Bonchev–Trinajstić information content (AvgIpc) is 2.87. The van der Waals surface area contributed by atoms with Crippen molar-refractivity contribution in [1.29, 1.82) is 0 Å². The highest BCUT2D eigenvalue weighted by Crippen LogP contribution is 2.34. The lowest BCUT2D eigenvalue weighted by atomic mass is 10.1. The molecule has 0 unspecified atom stereocenters. The van der Waals surface area contributed by atoms with E-state index in [-0.39, 0.29) is 22.1 Å². The molecule has 4 rings (SSSR count). The van der Waals surface area contributed by atoms with Crippen LogP contribution in [-0.4, -0.2) is 29.5 Å². The molecule has 0 fully saturated rings. The molecule has 4 aromatic rings. The summed E-state index contributed by atoms with van der Waals surface area (Å²) in [7, 11) is -4.83. The van der Waals surface area contributed by atoms with Gasteiger partial charge < -0.3 is 10.4 Å². The largest absolute Gasteiger partial charge is 0.478 e. The molecule has 0 aliphatic rings. The third kappa shape index (κ3) is 5.87. The lowest BCUT2D eigenvalue weighted by Gasteiger charge is -2.19. The molecule has 13 heteroatoms. The Labute approximate surface area is 228 Å². The van der Waals surface area contributed by atoms with Crippen molar-refractivity contribution in [3.05, 3.63) is 110 Å². The third-order valence-corrected chi connectivity index (χ3v) is 7.53. The lowest BCUT2D eigenvalue weighted by Crippen LogP contribution is -2.31. The highest BCUT2D eigenvalue weighted by molar-refractivity contribution is 14.1. The Bertz CT molecular complexity index is 1540. The van der Waals surface area contributed by atoms with Gasteiger partial charge in [0.05, 0.1) is 33.3 Å². The molecule has 0 aliphatic carbocycles.